The minimum Gasteiger partial charge on any atom is -0.477 e. The second-order valence-electron chi connectivity index (χ2n) is 5.32. The Morgan fingerprint density at radius 3 is 2.91 bits per heavy atom. The number of amides is 1. The summed E-state index contributed by atoms with van der Waals surface area (Å²) in [7, 11) is 0. The number of unbranched alkanes of at least 4 members (excludes halogenated alkanes) is 1. The lowest BCUT2D eigenvalue weighted by Gasteiger charge is -2.11. The van der Waals surface area contributed by atoms with Crippen molar-refractivity contribution in [1.29, 1.82) is 0 Å². The third-order valence-corrected chi connectivity index (χ3v) is 3.45. The van der Waals surface area contributed by atoms with Gasteiger partial charge in [-0.25, -0.2) is 9.37 Å². The van der Waals surface area contributed by atoms with E-state index in [1.54, 1.807) is 19.2 Å². The van der Waals surface area contributed by atoms with Crippen LogP contribution in [0.25, 0.3) is 0 Å². The number of aromatic nitrogens is 1. The summed E-state index contributed by atoms with van der Waals surface area (Å²) < 4.78 is 18.9. The molecule has 1 heterocycles. The van der Waals surface area contributed by atoms with Crippen LogP contribution in [0.1, 0.15) is 41.3 Å². The van der Waals surface area contributed by atoms with Crippen LogP contribution in [0, 0.1) is 12.7 Å². The SMILES string of the molecule is CCCCOc1ncccc1CNC(=O)c1ccc(F)c(C)c1. The summed E-state index contributed by atoms with van der Waals surface area (Å²) >= 11 is 0. The number of pyridine rings is 1. The van der Waals surface area contributed by atoms with E-state index in [-0.39, 0.29) is 11.7 Å². The van der Waals surface area contributed by atoms with Crippen molar-refractivity contribution in [3.05, 3.63) is 59.0 Å². The van der Waals surface area contributed by atoms with Gasteiger partial charge in [-0.1, -0.05) is 19.4 Å². The van der Waals surface area contributed by atoms with Crippen LogP contribution < -0.4 is 10.1 Å². The summed E-state index contributed by atoms with van der Waals surface area (Å²) in [6.07, 6.45) is 3.66. The molecule has 122 valence electrons. The molecule has 2 aromatic rings. The van der Waals surface area contributed by atoms with Crippen LogP contribution in [0.4, 0.5) is 4.39 Å². The summed E-state index contributed by atoms with van der Waals surface area (Å²) in [6.45, 7) is 4.64. The molecular formula is C18H21FN2O2. The number of rotatable bonds is 7. The van der Waals surface area contributed by atoms with Gasteiger partial charge in [0, 0.05) is 23.9 Å². The van der Waals surface area contributed by atoms with Gasteiger partial charge in [0.05, 0.1) is 6.61 Å². The Labute approximate surface area is 135 Å². The maximum atomic E-state index is 13.3. The maximum Gasteiger partial charge on any atom is 0.251 e. The van der Waals surface area contributed by atoms with Gasteiger partial charge in [-0.3, -0.25) is 4.79 Å². The van der Waals surface area contributed by atoms with E-state index in [0.29, 0.717) is 30.2 Å². The standard InChI is InChI=1S/C18H21FN2O2/c1-3-4-10-23-18-15(6-5-9-20-18)12-21-17(22)14-7-8-16(19)13(2)11-14/h5-9,11H,3-4,10,12H2,1-2H3,(H,21,22). The molecule has 0 unspecified atom stereocenters. The second-order valence-corrected chi connectivity index (χ2v) is 5.32. The second kappa shape index (κ2) is 8.27. The van der Waals surface area contributed by atoms with Crippen LogP contribution >= 0.6 is 0 Å². The third kappa shape index (κ3) is 4.77. The molecule has 0 saturated carbocycles. The van der Waals surface area contributed by atoms with Crippen LogP contribution in [-0.4, -0.2) is 17.5 Å². The molecule has 0 fully saturated rings. The van der Waals surface area contributed by atoms with Gasteiger partial charge < -0.3 is 10.1 Å². The van der Waals surface area contributed by atoms with Gasteiger partial charge in [0.15, 0.2) is 0 Å². The molecule has 0 aliphatic heterocycles. The van der Waals surface area contributed by atoms with Crippen LogP contribution in [0.15, 0.2) is 36.5 Å². The highest BCUT2D eigenvalue weighted by Gasteiger charge is 2.10. The fraction of sp³-hybridized carbons (Fsp3) is 0.333. The molecule has 1 amide bonds. The Kier molecular flexibility index (Phi) is 6.09. The molecule has 0 aliphatic carbocycles. The molecule has 0 radical (unpaired) electrons. The number of nitrogens with zero attached hydrogens (tertiary/aromatic N) is 1. The summed E-state index contributed by atoms with van der Waals surface area (Å²) in [4.78, 5) is 16.4. The molecule has 1 N–H and O–H groups in total. The topological polar surface area (TPSA) is 51.2 Å². The average molecular weight is 316 g/mol. The van der Waals surface area contributed by atoms with Gasteiger partial charge >= 0.3 is 0 Å². The highest BCUT2D eigenvalue weighted by Crippen LogP contribution is 2.15. The van der Waals surface area contributed by atoms with Crippen LogP contribution in [0.2, 0.25) is 0 Å². The number of hydrogen-bond acceptors (Lipinski definition) is 3. The number of ether oxygens (including phenoxy) is 1. The Hall–Kier alpha value is -2.43. The predicted molar refractivity (Wildman–Crippen MR) is 86.9 cm³/mol. The minimum atomic E-state index is -0.319. The Morgan fingerprint density at radius 1 is 1.35 bits per heavy atom. The zero-order valence-electron chi connectivity index (χ0n) is 13.4. The fourth-order valence-corrected chi connectivity index (χ4v) is 2.07. The largest absolute Gasteiger partial charge is 0.477 e. The maximum absolute atomic E-state index is 13.3. The third-order valence-electron chi connectivity index (χ3n) is 3.45. The number of carbonyl (C=O) groups is 1. The van der Waals surface area contributed by atoms with Crippen molar-refractivity contribution in [3.63, 3.8) is 0 Å². The number of hydrogen-bond donors (Lipinski definition) is 1. The smallest absolute Gasteiger partial charge is 0.251 e. The van der Waals surface area contributed by atoms with Gasteiger partial charge in [0.2, 0.25) is 5.88 Å². The molecule has 0 saturated heterocycles. The number of carbonyl (C=O) groups excluding carboxylic acids is 1. The van der Waals surface area contributed by atoms with Crippen molar-refractivity contribution < 1.29 is 13.9 Å². The quantitative estimate of drug-likeness (QED) is 0.794. The van der Waals surface area contributed by atoms with Crippen molar-refractivity contribution in [2.45, 2.75) is 33.2 Å². The molecule has 2 rings (SSSR count). The number of halogens is 1. The molecule has 0 spiro atoms. The van der Waals surface area contributed by atoms with E-state index in [9.17, 15) is 9.18 Å². The molecule has 0 atom stereocenters. The van der Waals surface area contributed by atoms with Crippen LogP contribution in [0.5, 0.6) is 5.88 Å². The van der Waals surface area contributed by atoms with E-state index in [2.05, 4.69) is 17.2 Å². The van der Waals surface area contributed by atoms with Gasteiger partial charge in [0.1, 0.15) is 5.82 Å². The van der Waals surface area contributed by atoms with E-state index in [1.165, 1.54) is 18.2 Å². The van der Waals surface area contributed by atoms with Gasteiger partial charge in [-0.05, 0) is 43.2 Å². The predicted octanol–water partition coefficient (Wildman–Crippen LogP) is 3.64. The first-order valence-electron chi connectivity index (χ1n) is 7.73. The normalized spacial score (nSPS) is 10.4. The van der Waals surface area contributed by atoms with E-state index in [4.69, 9.17) is 4.74 Å². The molecule has 23 heavy (non-hydrogen) atoms. The van der Waals surface area contributed by atoms with E-state index in [1.807, 2.05) is 6.07 Å². The van der Waals surface area contributed by atoms with E-state index in [0.717, 1.165) is 18.4 Å². The van der Waals surface area contributed by atoms with Crippen molar-refractivity contribution in [2.75, 3.05) is 6.61 Å². The highest BCUT2D eigenvalue weighted by atomic mass is 19.1. The lowest BCUT2D eigenvalue weighted by atomic mass is 10.1. The molecule has 0 bridgehead atoms. The number of aryl methyl sites for hydroxylation is 1. The Morgan fingerprint density at radius 2 is 2.17 bits per heavy atom. The van der Waals surface area contributed by atoms with E-state index < -0.39 is 0 Å². The first-order chi connectivity index (χ1) is 11.1. The van der Waals surface area contributed by atoms with Crippen molar-refractivity contribution >= 4 is 5.91 Å². The molecule has 5 heteroatoms. The molecule has 0 aliphatic rings. The first kappa shape index (κ1) is 16.9. The molecular weight excluding hydrogens is 295 g/mol. The molecule has 1 aromatic carbocycles. The van der Waals surface area contributed by atoms with Crippen molar-refractivity contribution in [2.24, 2.45) is 0 Å². The average Bonchev–Trinajstić information content (AvgIpc) is 2.56. The summed E-state index contributed by atoms with van der Waals surface area (Å²) in [6, 6.07) is 7.97. The first-order valence-corrected chi connectivity index (χ1v) is 7.73. The Balaban J connectivity index is 1.99. The lowest BCUT2D eigenvalue weighted by molar-refractivity contribution is 0.0950. The monoisotopic (exact) mass is 316 g/mol. The fourth-order valence-electron chi connectivity index (χ4n) is 2.07. The van der Waals surface area contributed by atoms with Crippen molar-refractivity contribution in [1.82, 2.24) is 10.3 Å². The zero-order chi connectivity index (χ0) is 16.7. The minimum absolute atomic E-state index is 0.253. The lowest BCUT2D eigenvalue weighted by Crippen LogP contribution is -2.23. The van der Waals surface area contributed by atoms with Gasteiger partial charge in [0.25, 0.3) is 5.91 Å². The summed E-state index contributed by atoms with van der Waals surface area (Å²) in [5.41, 5.74) is 1.69. The summed E-state index contributed by atoms with van der Waals surface area (Å²) in [5, 5.41) is 2.81. The number of nitrogens with one attached hydrogen (secondary N) is 1. The van der Waals surface area contributed by atoms with Gasteiger partial charge in [-0.15, -0.1) is 0 Å². The number of benzene rings is 1. The van der Waals surface area contributed by atoms with Crippen molar-refractivity contribution in [3.8, 4) is 5.88 Å². The van der Waals surface area contributed by atoms with Crippen LogP contribution in [-0.2, 0) is 6.54 Å². The molecule has 1 aromatic heterocycles. The summed E-state index contributed by atoms with van der Waals surface area (Å²) in [5.74, 6) is -0.0339. The van der Waals surface area contributed by atoms with Gasteiger partial charge in [-0.2, -0.15) is 0 Å². The zero-order valence-corrected chi connectivity index (χ0v) is 13.4. The van der Waals surface area contributed by atoms with Crippen LogP contribution in [0.3, 0.4) is 0 Å². The molecule has 4 nitrogen and oxygen atoms in total. The van der Waals surface area contributed by atoms with E-state index >= 15 is 0 Å². The highest BCUT2D eigenvalue weighted by molar-refractivity contribution is 5.94. The Bertz CT molecular complexity index is 674.